The van der Waals surface area contributed by atoms with Crippen molar-refractivity contribution < 1.29 is 9.53 Å². The fraction of sp³-hybridized carbons (Fsp3) is 0.750. The molecule has 0 saturated carbocycles. The van der Waals surface area contributed by atoms with Gasteiger partial charge in [0.25, 0.3) is 0 Å². The number of carbonyl (C=O) groups excluding carboxylic acids is 1. The fourth-order valence-corrected chi connectivity index (χ4v) is 3.16. The van der Waals surface area contributed by atoms with Crippen LogP contribution in [0.3, 0.4) is 0 Å². The van der Waals surface area contributed by atoms with Crippen molar-refractivity contribution >= 4 is 23.7 Å². The van der Waals surface area contributed by atoms with E-state index in [9.17, 15) is 4.79 Å². The molecule has 2 N–H and O–H groups in total. The van der Waals surface area contributed by atoms with Gasteiger partial charge in [0.1, 0.15) is 5.84 Å². The molecule has 1 saturated heterocycles. The Morgan fingerprint density at radius 1 is 1.77 bits per heavy atom. The van der Waals surface area contributed by atoms with Crippen LogP contribution in [0.5, 0.6) is 0 Å². The molecular weight excluding hydrogens is 188 g/mol. The quantitative estimate of drug-likeness (QED) is 0.689. The lowest BCUT2D eigenvalue weighted by Gasteiger charge is -2.27. The molecule has 4 nitrogen and oxygen atoms in total. The van der Waals surface area contributed by atoms with E-state index in [1.165, 1.54) is 0 Å². The maximum absolute atomic E-state index is 10.9. The lowest BCUT2D eigenvalue weighted by atomic mass is 9.98. The van der Waals surface area contributed by atoms with Crippen LogP contribution in [0, 0.1) is 0 Å². The van der Waals surface area contributed by atoms with Gasteiger partial charge in [-0.3, -0.25) is 0 Å². The molecule has 0 spiro atoms. The molecule has 0 aromatic heterocycles. The largest absolute Gasteiger partial charge is 0.436 e. The maximum Gasteiger partial charge on any atom is 0.436 e. The standard InChI is InChI=1S/C8H12N2O2S/c1-8(3-2-4-13-8)5-6(9)10-7(11)12-5/h5H,2-4H2,1H3,(H2,9,10,11). The molecule has 1 amide bonds. The first-order chi connectivity index (χ1) is 6.12. The number of rotatable bonds is 1. The Morgan fingerprint density at radius 2 is 2.54 bits per heavy atom. The van der Waals surface area contributed by atoms with Crippen LogP contribution in [0.4, 0.5) is 4.79 Å². The number of hydrogen-bond acceptors (Lipinski definition) is 4. The number of nitrogens with zero attached hydrogens (tertiary/aromatic N) is 1. The smallest absolute Gasteiger partial charge is 0.435 e. The molecule has 13 heavy (non-hydrogen) atoms. The molecule has 2 atom stereocenters. The Bertz CT molecular complexity index is 271. The summed E-state index contributed by atoms with van der Waals surface area (Å²) in [5.74, 6) is 1.44. The third-order valence-electron chi connectivity index (χ3n) is 2.51. The van der Waals surface area contributed by atoms with Crippen LogP contribution in [0.25, 0.3) is 0 Å². The van der Waals surface area contributed by atoms with Crippen LogP contribution in [0.1, 0.15) is 19.8 Å². The summed E-state index contributed by atoms with van der Waals surface area (Å²) in [7, 11) is 0. The van der Waals surface area contributed by atoms with Gasteiger partial charge >= 0.3 is 6.09 Å². The van der Waals surface area contributed by atoms with Crippen LogP contribution in [-0.2, 0) is 4.74 Å². The highest BCUT2D eigenvalue weighted by Gasteiger charge is 2.45. The third kappa shape index (κ3) is 1.41. The molecule has 2 aliphatic rings. The molecule has 1 fully saturated rings. The van der Waals surface area contributed by atoms with Crippen molar-refractivity contribution in [1.29, 1.82) is 0 Å². The van der Waals surface area contributed by atoms with Gasteiger partial charge in [-0.2, -0.15) is 16.8 Å². The molecule has 2 aliphatic heterocycles. The van der Waals surface area contributed by atoms with E-state index in [-0.39, 0.29) is 10.9 Å². The van der Waals surface area contributed by atoms with Crippen LogP contribution in [0.15, 0.2) is 4.99 Å². The average Bonchev–Trinajstić information content (AvgIpc) is 2.59. The van der Waals surface area contributed by atoms with E-state index in [0.29, 0.717) is 5.84 Å². The summed E-state index contributed by atoms with van der Waals surface area (Å²) in [6, 6.07) is 0. The summed E-state index contributed by atoms with van der Waals surface area (Å²) in [6.45, 7) is 2.08. The summed E-state index contributed by atoms with van der Waals surface area (Å²) in [6.07, 6.45) is 1.33. The highest BCUT2D eigenvalue weighted by atomic mass is 32.2. The number of amidine groups is 1. The van der Waals surface area contributed by atoms with Crippen molar-refractivity contribution in [2.75, 3.05) is 5.75 Å². The molecule has 5 heteroatoms. The molecule has 0 aliphatic carbocycles. The number of cyclic esters (lactones) is 1. The lowest BCUT2D eigenvalue weighted by molar-refractivity contribution is 0.131. The topological polar surface area (TPSA) is 64.7 Å². The minimum absolute atomic E-state index is 0.0558. The summed E-state index contributed by atoms with van der Waals surface area (Å²) in [5, 5.41) is 0. The van der Waals surface area contributed by atoms with Gasteiger partial charge in [-0.1, -0.05) is 0 Å². The van der Waals surface area contributed by atoms with Gasteiger partial charge < -0.3 is 10.5 Å². The average molecular weight is 200 g/mol. The monoisotopic (exact) mass is 200 g/mol. The number of ether oxygens (including phenoxy) is 1. The van der Waals surface area contributed by atoms with Crippen LogP contribution in [0.2, 0.25) is 0 Å². The number of nitrogens with two attached hydrogens (primary N) is 1. The third-order valence-corrected chi connectivity index (χ3v) is 4.08. The Morgan fingerprint density at radius 3 is 3.00 bits per heavy atom. The van der Waals surface area contributed by atoms with Gasteiger partial charge in [0.15, 0.2) is 6.10 Å². The molecule has 2 unspecified atom stereocenters. The van der Waals surface area contributed by atoms with Gasteiger partial charge in [0.2, 0.25) is 0 Å². The second kappa shape index (κ2) is 2.90. The van der Waals surface area contributed by atoms with E-state index < -0.39 is 6.09 Å². The van der Waals surface area contributed by atoms with Gasteiger partial charge in [-0.15, -0.1) is 0 Å². The molecule has 2 rings (SSSR count). The maximum atomic E-state index is 10.9. The minimum Gasteiger partial charge on any atom is -0.435 e. The molecule has 0 aromatic carbocycles. The normalized spacial score (nSPS) is 39.0. The van der Waals surface area contributed by atoms with Gasteiger partial charge in [0, 0.05) is 0 Å². The highest BCUT2D eigenvalue weighted by molar-refractivity contribution is 8.01. The minimum atomic E-state index is -0.545. The number of thioether (sulfide) groups is 1. The summed E-state index contributed by atoms with van der Waals surface area (Å²) in [5.41, 5.74) is 5.63. The SMILES string of the molecule is CC1(C2OC(=O)N=C2N)CCCS1. The molecule has 72 valence electrons. The zero-order valence-electron chi connectivity index (χ0n) is 7.45. The zero-order valence-corrected chi connectivity index (χ0v) is 8.26. The predicted molar refractivity (Wildman–Crippen MR) is 52.0 cm³/mol. The fourth-order valence-electron chi connectivity index (χ4n) is 1.80. The summed E-state index contributed by atoms with van der Waals surface area (Å²) < 4.78 is 5.02. The van der Waals surface area contributed by atoms with Gasteiger partial charge in [-0.05, 0) is 25.5 Å². The van der Waals surface area contributed by atoms with Gasteiger partial charge in [0.05, 0.1) is 4.75 Å². The van der Waals surface area contributed by atoms with Crippen molar-refractivity contribution in [2.24, 2.45) is 10.7 Å². The Balaban J connectivity index is 2.17. The molecule has 0 bridgehead atoms. The van der Waals surface area contributed by atoms with Crippen LogP contribution in [-0.4, -0.2) is 28.5 Å². The van der Waals surface area contributed by atoms with E-state index in [1.807, 2.05) is 11.8 Å². The van der Waals surface area contributed by atoms with Crippen molar-refractivity contribution in [1.82, 2.24) is 0 Å². The van der Waals surface area contributed by atoms with Crippen LogP contribution >= 0.6 is 11.8 Å². The van der Waals surface area contributed by atoms with Crippen molar-refractivity contribution in [3.8, 4) is 0 Å². The highest BCUT2D eigenvalue weighted by Crippen LogP contribution is 2.42. The van der Waals surface area contributed by atoms with Crippen molar-refractivity contribution in [2.45, 2.75) is 30.6 Å². The second-order valence-corrected chi connectivity index (χ2v) is 5.19. The molecular formula is C8H12N2O2S. The van der Waals surface area contributed by atoms with Crippen LogP contribution < -0.4 is 5.73 Å². The first-order valence-electron chi connectivity index (χ1n) is 4.30. The van der Waals surface area contributed by atoms with E-state index in [4.69, 9.17) is 10.5 Å². The zero-order chi connectivity index (χ0) is 9.47. The lowest BCUT2D eigenvalue weighted by Crippen LogP contribution is -2.43. The van der Waals surface area contributed by atoms with E-state index in [1.54, 1.807) is 0 Å². The number of carbonyl (C=O) groups is 1. The van der Waals surface area contributed by atoms with E-state index >= 15 is 0 Å². The van der Waals surface area contributed by atoms with Crippen molar-refractivity contribution in [3.63, 3.8) is 0 Å². The summed E-state index contributed by atoms with van der Waals surface area (Å²) >= 11 is 1.81. The Kier molecular flexibility index (Phi) is 1.98. The molecule has 0 aromatic rings. The van der Waals surface area contributed by atoms with E-state index in [2.05, 4.69) is 11.9 Å². The number of hydrogen-bond donors (Lipinski definition) is 1. The Hall–Kier alpha value is -0.710. The second-order valence-electron chi connectivity index (χ2n) is 3.57. The number of amides is 1. The predicted octanol–water partition coefficient (Wildman–Crippen LogP) is 1.15. The first-order valence-corrected chi connectivity index (χ1v) is 5.29. The van der Waals surface area contributed by atoms with Crippen molar-refractivity contribution in [3.05, 3.63) is 0 Å². The number of aliphatic imine (C=N–C) groups is 1. The Labute approximate surface area is 80.9 Å². The van der Waals surface area contributed by atoms with Gasteiger partial charge in [-0.25, -0.2) is 4.79 Å². The van der Waals surface area contributed by atoms with E-state index in [0.717, 1.165) is 18.6 Å². The first kappa shape index (κ1) is 8.87. The summed E-state index contributed by atoms with van der Waals surface area (Å²) in [4.78, 5) is 14.4. The molecule has 0 radical (unpaired) electrons. The molecule has 2 heterocycles.